The van der Waals surface area contributed by atoms with Crippen LogP contribution in [-0.2, 0) is 10.0 Å². The van der Waals surface area contributed by atoms with Crippen LogP contribution in [0.15, 0.2) is 51.8 Å². The number of nitrogens with zero attached hydrogens (tertiary/aromatic N) is 6. The van der Waals surface area contributed by atoms with Crippen molar-refractivity contribution in [2.75, 3.05) is 31.1 Å². The molecular weight excluding hydrogens is 456 g/mol. The molecule has 1 aliphatic heterocycles. The van der Waals surface area contributed by atoms with E-state index in [0.717, 1.165) is 21.7 Å². The molecule has 8 nitrogen and oxygen atoms in total. The number of sulfonamides is 1. The average molecular weight is 477 g/mol. The molecule has 0 atom stereocenters. The van der Waals surface area contributed by atoms with Crippen LogP contribution in [0.25, 0.3) is 5.82 Å². The number of hydrogen-bond donors (Lipinski definition) is 0. The lowest BCUT2D eigenvalue weighted by molar-refractivity contribution is 0.383. The van der Waals surface area contributed by atoms with E-state index in [9.17, 15) is 8.42 Å². The quantitative estimate of drug-likeness (QED) is 0.575. The van der Waals surface area contributed by atoms with Crippen molar-refractivity contribution in [1.29, 1.82) is 0 Å². The summed E-state index contributed by atoms with van der Waals surface area (Å²) in [6.07, 6.45) is 0. The van der Waals surface area contributed by atoms with Gasteiger partial charge in [0, 0.05) is 36.3 Å². The van der Waals surface area contributed by atoms with Gasteiger partial charge in [0.05, 0.1) is 10.6 Å². The molecule has 0 amide bonds. The Labute approximate surface area is 178 Å². The van der Waals surface area contributed by atoms with Crippen molar-refractivity contribution in [3.63, 3.8) is 0 Å². The largest absolute Gasteiger partial charge is 0.352 e. The third-order valence-electron chi connectivity index (χ3n) is 4.88. The summed E-state index contributed by atoms with van der Waals surface area (Å²) in [5.41, 5.74) is 1.92. The van der Waals surface area contributed by atoms with Crippen molar-refractivity contribution in [1.82, 2.24) is 24.3 Å². The first-order chi connectivity index (χ1) is 13.8. The third-order valence-corrected chi connectivity index (χ3v) is 7.32. The number of hydrogen-bond acceptors (Lipinski definition) is 6. The number of piperazine rings is 1. The summed E-state index contributed by atoms with van der Waals surface area (Å²) in [6.45, 7) is 5.83. The molecule has 0 saturated carbocycles. The zero-order chi connectivity index (χ0) is 20.6. The van der Waals surface area contributed by atoms with E-state index in [1.54, 1.807) is 28.9 Å². The van der Waals surface area contributed by atoms with E-state index >= 15 is 0 Å². The number of benzene rings is 1. The van der Waals surface area contributed by atoms with Gasteiger partial charge in [0.15, 0.2) is 11.6 Å². The molecule has 4 rings (SSSR count). The van der Waals surface area contributed by atoms with Gasteiger partial charge >= 0.3 is 0 Å². The van der Waals surface area contributed by atoms with Gasteiger partial charge in [-0.1, -0.05) is 15.9 Å². The zero-order valence-electron chi connectivity index (χ0n) is 16.2. The molecule has 10 heteroatoms. The lowest BCUT2D eigenvalue weighted by Gasteiger charge is -2.34. The van der Waals surface area contributed by atoms with E-state index in [2.05, 4.69) is 31.2 Å². The number of anilines is 1. The summed E-state index contributed by atoms with van der Waals surface area (Å²) in [4.78, 5) is 2.36. The SMILES string of the molecule is Cc1cc(C)n(-c2ccc(N3CCN(S(=O)(=O)c4ccc(Br)cc4)CC3)nn2)n1. The van der Waals surface area contributed by atoms with Gasteiger partial charge in [0.2, 0.25) is 10.0 Å². The Hall–Kier alpha value is -2.30. The molecule has 0 unspecified atom stereocenters. The van der Waals surface area contributed by atoms with E-state index in [-0.39, 0.29) is 0 Å². The fraction of sp³-hybridized carbons (Fsp3) is 0.316. The molecule has 152 valence electrons. The molecule has 1 aromatic carbocycles. The molecule has 3 heterocycles. The van der Waals surface area contributed by atoms with Gasteiger partial charge in [-0.05, 0) is 56.3 Å². The van der Waals surface area contributed by atoms with Crippen LogP contribution in [0.3, 0.4) is 0 Å². The Kier molecular flexibility index (Phi) is 5.41. The minimum Gasteiger partial charge on any atom is -0.352 e. The van der Waals surface area contributed by atoms with Crippen molar-refractivity contribution < 1.29 is 8.42 Å². The Morgan fingerprint density at radius 3 is 2.07 bits per heavy atom. The second kappa shape index (κ2) is 7.85. The van der Waals surface area contributed by atoms with Crippen LogP contribution in [-0.4, -0.2) is 58.9 Å². The lowest BCUT2D eigenvalue weighted by atomic mass is 10.3. The second-order valence-corrected chi connectivity index (χ2v) is 9.79. The molecule has 29 heavy (non-hydrogen) atoms. The first-order valence-electron chi connectivity index (χ1n) is 9.22. The highest BCUT2D eigenvalue weighted by molar-refractivity contribution is 9.10. The van der Waals surface area contributed by atoms with Gasteiger partial charge in [-0.3, -0.25) is 0 Å². The molecular formula is C19H21BrN6O2S. The summed E-state index contributed by atoms with van der Waals surface area (Å²) in [5.74, 6) is 1.40. The smallest absolute Gasteiger partial charge is 0.243 e. The standard InChI is InChI=1S/C19H21BrN6O2S/c1-14-13-15(2)26(23-14)19-8-7-18(21-22-19)24-9-11-25(12-10-24)29(27,28)17-5-3-16(20)4-6-17/h3-8,13H,9-12H2,1-2H3. The van der Waals surface area contributed by atoms with Crippen LogP contribution in [0, 0.1) is 13.8 Å². The van der Waals surface area contributed by atoms with Crippen LogP contribution in [0.1, 0.15) is 11.4 Å². The Morgan fingerprint density at radius 2 is 1.52 bits per heavy atom. The van der Waals surface area contributed by atoms with Crippen LogP contribution >= 0.6 is 15.9 Å². The van der Waals surface area contributed by atoms with Crippen LogP contribution < -0.4 is 4.90 Å². The van der Waals surface area contributed by atoms with Crippen molar-refractivity contribution in [3.05, 3.63) is 58.3 Å². The minimum atomic E-state index is -3.49. The lowest BCUT2D eigenvalue weighted by Crippen LogP contribution is -2.49. The highest BCUT2D eigenvalue weighted by Crippen LogP contribution is 2.22. The molecule has 1 fully saturated rings. The van der Waals surface area contributed by atoms with Gasteiger partial charge in [-0.2, -0.15) is 9.40 Å². The minimum absolute atomic E-state index is 0.309. The van der Waals surface area contributed by atoms with Gasteiger partial charge < -0.3 is 4.90 Å². The first kappa shape index (κ1) is 20.0. The summed E-state index contributed by atoms with van der Waals surface area (Å²) in [6, 6.07) is 12.5. The normalized spacial score (nSPS) is 15.6. The maximum Gasteiger partial charge on any atom is 0.243 e. The summed E-state index contributed by atoms with van der Waals surface area (Å²) >= 11 is 3.33. The maximum absolute atomic E-state index is 12.8. The molecule has 0 spiro atoms. The van der Waals surface area contributed by atoms with Gasteiger partial charge in [-0.25, -0.2) is 13.1 Å². The molecule has 1 saturated heterocycles. The first-order valence-corrected chi connectivity index (χ1v) is 11.5. The van der Waals surface area contributed by atoms with Gasteiger partial charge in [0.25, 0.3) is 0 Å². The number of rotatable bonds is 4. The highest BCUT2D eigenvalue weighted by Gasteiger charge is 2.29. The third kappa shape index (κ3) is 4.05. The van der Waals surface area contributed by atoms with Crippen LogP contribution in [0.2, 0.25) is 0 Å². The van der Waals surface area contributed by atoms with Crippen LogP contribution in [0.5, 0.6) is 0 Å². The molecule has 0 radical (unpaired) electrons. The zero-order valence-corrected chi connectivity index (χ0v) is 18.6. The number of halogens is 1. The molecule has 0 N–H and O–H groups in total. The van der Waals surface area contributed by atoms with Crippen molar-refractivity contribution >= 4 is 31.8 Å². The summed E-state index contributed by atoms with van der Waals surface area (Å²) in [7, 11) is -3.49. The molecule has 3 aromatic rings. The monoisotopic (exact) mass is 476 g/mol. The van der Waals surface area contributed by atoms with Crippen LogP contribution in [0.4, 0.5) is 5.82 Å². The van der Waals surface area contributed by atoms with E-state index < -0.39 is 10.0 Å². The summed E-state index contributed by atoms with van der Waals surface area (Å²) < 4.78 is 29.8. The topological polar surface area (TPSA) is 84.2 Å². The predicted molar refractivity (Wildman–Crippen MR) is 114 cm³/mol. The molecule has 1 aliphatic rings. The van der Waals surface area contributed by atoms with Gasteiger partial charge in [-0.15, -0.1) is 10.2 Å². The van der Waals surface area contributed by atoms with E-state index in [1.807, 2.05) is 36.9 Å². The summed E-state index contributed by atoms with van der Waals surface area (Å²) in [5, 5.41) is 13.0. The average Bonchev–Trinajstić information content (AvgIpc) is 3.06. The van der Waals surface area contributed by atoms with Crippen molar-refractivity contribution in [3.8, 4) is 5.82 Å². The Balaban J connectivity index is 1.44. The fourth-order valence-electron chi connectivity index (χ4n) is 3.37. The highest BCUT2D eigenvalue weighted by atomic mass is 79.9. The number of aromatic nitrogens is 4. The Morgan fingerprint density at radius 1 is 0.897 bits per heavy atom. The predicted octanol–water partition coefficient (Wildman–Crippen LogP) is 2.55. The second-order valence-electron chi connectivity index (χ2n) is 6.93. The maximum atomic E-state index is 12.8. The van der Waals surface area contributed by atoms with Crippen molar-refractivity contribution in [2.45, 2.75) is 18.7 Å². The Bertz CT molecular complexity index is 1100. The van der Waals surface area contributed by atoms with E-state index in [0.29, 0.717) is 36.9 Å². The fourth-order valence-corrected chi connectivity index (χ4v) is 5.06. The molecule has 2 aromatic heterocycles. The van der Waals surface area contributed by atoms with E-state index in [4.69, 9.17) is 0 Å². The molecule has 0 bridgehead atoms. The number of aryl methyl sites for hydroxylation is 2. The van der Waals surface area contributed by atoms with E-state index in [1.165, 1.54) is 4.31 Å². The van der Waals surface area contributed by atoms with Gasteiger partial charge in [0.1, 0.15) is 0 Å². The molecule has 0 aliphatic carbocycles. The van der Waals surface area contributed by atoms with Crippen molar-refractivity contribution in [2.24, 2.45) is 0 Å².